The van der Waals surface area contributed by atoms with Crippen molar-refractivity contribution in [2.45, 2.75) is 78.1 Å². The molecular weight excluding hydrogens is 344 g/mol. The van der Waals surface area contributed by atoms with Crippen LogP contribution < -0.4 is 4.74 Å². The van der Waals surface area contributed by atoms with Crippen molar-refractivity contribution in [3.8, 4) is 16.9 Å². The van der Waals surface area contributed by atoms with Gasteiger partial charge in [-0.05, 0) is 42.9 Å². The third kappa shape index (κ3) is 6.32. The van der Waals surface area contributed by atoms with Gasteiger partial charge in [0.2, 0.25) is 0 Å². The third-order valence-electron chi connectivity index (χ3n) is 6.16. The maximum Gasteiger partial charge on any atom is 0.128 e. The summed E-state index contributed by atoms with van der Waals surface area (Å²) < 4.78 is 5.51. The lowest BCUT2D eigenvalue weighted by Crippen LogP contribution is -2.15. The van der Waals surface area contributed by atoms with Crippen molar-refractivity contribution in [2.75, 3.05) is 6.61 Å². The summed E-state index contributed by atoms with van der Waals surface area (Å²) in [5.41, 5.74) is 2.20. The number of hydrogen-bond acceptors (Lipinski definition) is 3. The van der Waals surface area contributed by atoms with Crippen molar-refractivity contribution < 1.29 is 4.74 Å². The van der Waals surface area contributed by atoms with Gasteiger partial charge in [0.05, 0.1) is 6.61 Å². The Morgan fingerprint density at radius 1 is 0.821 bits per heavy atom. The number of aryl methyl sites for hydroxylation is 1. The van der Waals surface area contributed by atoms with E-state index < -0.39 is 0 Å². The largest absolute Gasteiger partial charge is 0.494 e. The molecule has 0 atom stereocenters. The molecule has 0 N–H and O–H groups in total. The molecule has 3 heteroatoms. The van der Waals surface area contributed by atoms with E-state index in [4.69, 9.17) is 4.74 Å². The molecule has 1 fully saturated rings. The van der Waals surface area contributed by atoms with Crippen LogP contribution in [0.15, 0.2) is 36.7 Å². The zero-order chi connectivity index (χ0) is 19.6. The molecule has 1 saturated carbocycles. The van der Waals surface area contributed by atoms with Crippen LogP contribution in [-0.2, 0) is 6.42 Å². The molecular formula is C25H36N2O. The fourth-order valence-electron chi connectivity index (χ4n) is 4.37. The normalized spacial score (nSPS) is 19.5. The van der Waals surface area contributed by atoms with Crippen molar-refractivity contribution in [1.82, 2.24) is 9.97 Å². The van der Waals surface area contributed by atoms with Crippen molar-refractivity contribution in [2.24, 2.45) is 11.8 Å². The summed E-state index contributed by atoms with van der Waals surface area (Å²) in [6.45, 7) is 4.99. The standard InChI is InChI=1S/C25H36N2O/c1-3-5-6-7-20-8-10-21(11-9-20)12-17-25-26-18-23(19-27-25)22-13-15-24(16-14-22)28-4-2/h13-16,18-21H,3-12,17H2,1-2H3/t20-,21-. The smallest absolute Gasteiger partial charge is 0.128 e. The lowest BCUT2D eigenvalue weighted by molar-refractivity contribution is 0.248. The van der Waals surface area contributed by atoms with Gasteiger partial charge in [0.25, 0.3) is 0 Å². The molecule has 3 rings (SSSR count). The van der Waals surface area contributed by atoms with Gasteiger partial charge >= 0.3 is 0 Å². The van der Waals surface area contributed by atoms with Crippen LogP contribution in [0.2, 0.25) is 0 Å². The van der Waals surface area contributed by atoms with E-state index in [1.165, 1.54) is 57.8 Å². The van der Waals surface area contributed by atoms with E-state index in [1.807, 2.05) is 31.5 Å². The Balaban J connectivity index is 1.42. The van der Waals surface area contributed by atoms with Gasteiger partial charge in [-0.2, -0.15) is 0 Å². The monoisotopic (exact) mass is 380 g/mol. The number of rotatable bonds is 10. The van der Waals surface area contributed by atoms with Crippen LogP contribution in [0.25, 0.3) is 11.1 Å². The highest BCUT2D eigenvalue weighted by Crippen LogP contribution is 2.34. The van der Waals surface area contributed by atoms with Gasteiger partial charge in [-0.1, -0.05) is 70.4 Å². The molecule has 0 amide bonds. The average molecular weight is 381 g/mol. The van der Waals surface area contributed by atoms with Crippen LogP contribution >= 0.6 is 0 Å². The first kappa shape index (κ1) is 20.8. The van der Waals surface area contributed by atoms with E-state index in [-0.39, 0.29) is 0 Å². The van der Waals surface area contributed by atoms with E-state index >= 15 is 0 Å². The number of hydrogen-bond donors (Lipinski definition) is 0. The molecule has 152 valence electrons. The van der Waals surface area contributed by atoms with Gasteiger partial charge in [0, 0.05) is 24.4 Å². The molecule has 1 heterocycles. The molecule has 2 aromatic rings. The van der Waals surface area contributed by atoms with Gasteiger partial charge in [-0.3, -0.25) is 0 Å². The van der Waals surface area contributed by atoms with Crippen molar-refractivity contribution in [3.63, 3.8) is 0 Å². The van der Waals surface area contributed by atoms with E-state index in [1.54, 1.807) is 0 Å². The molecule has 1 aromatic carbocycles. The van der Waals surface area contributed by atoms with Crippen LogP contribution in [-0.4, -0.2) is 16.6 Å². The van der Waals surface area contributed by atoms with Gasteiger partial charge in [0.15, 0.2) is 0 Å². The first-order valence-electron chi connectivity index (χ1n) is 11.3. The molecule has 1 aromatic heterocycles. The Kier molecular flexibility index (Phi) is 8.32. The van der Waals surface area contributed by atoms with E-state index in [9.17, 15) is 0 Å². The molecule has 0 saturated heterocycles. The number of ether oxygens (including phenoxy) is 1. The van der Waals surface area contributed by atoms with Crippen molar-refractivity contribution in [1.29, 1.82) is 0 Å². The second-order valence-electron chi connectivity index (χ2n) is 8.27. The lowest BCUT2D eigenvalue weighted by Gasteiger charge is -2.28. The Morgan fingerprint density at radius 3 is 2.07 bits per heavy atom. The third-order valence-corrected chi connectivity index (χ3v) is 6.16. The summed E-state index contributed by atoms with van der Waals surface area (Å²) in [6, 6.07) is 8.15. The molecule has 0 aliphatic heterocycles. The highest BCUT2D eigenvalue weighted by Gasteiger charge is 2.20. The maximum absolute atomic E-state index is 5.51. The lowest BCUT2D eigenvalue weighted by atomic mass is 9.78. The summed E-state index contributed by atoms with van der Waals surface area (Å²) in [5.74, 6) is 3.76. The van der Waals surface area contributed by atoms with Crippen LogP contribution in [0.4, 0.5) is 0 Å². The number of benzene rings is 1. The van der Waals surface area contributed by atoms with Gasteiger partial charge in [-0.25, -0.2) is 9.97 Å². The minimum Gasteiger partial charge on any atom is -0.494 e. The summed E-state index contributed by atoms with van der Waals surface area (Å²) in [5, 5.41) is 0. The Bertz CT molecular complexity index is 673. The van der Waals surface area contributed by atoms with Crippen molar-refractivity contribution in [3.05, 3.63) is 42.5 Å². The summed E-state index contributed by atoms with van der Waals surface area (Å²) in [6.07, 6.45) is 17.5. The van der Waals surface area contributed by atoms with Gasteiger partial charge in [-0.15, -0.1) is 0 Å². The molecule has 0 spiro atoms. The Labute approximate surface area is 171 Å². The second-order valence-corrected chi connectivity index (χ2v) is 8.27. The maximum atomic E-state index is 5.51. The quantitative estimate of drug-likeness (QED) is 0.422. The molecule has 1 aliphatic carbocycles. The number of aromatic nitrogens is 2. The summed E-state index contributed by atoms with van der Waals surface area (Å²) in [4.78, 5) is 9.24. The van der Waals surface area contributed by atoms with Crippen LogP contribution in [0.5, 0.6) is 5.75 Å². The molecule has 0 radical (unpaired) electrons. The highest BCUT2D eigenvalue weighted by molar-refractivity contribution is 5.62. The number of nitrogens with zero attached hydrogens (tertiary/aromatic N) is 2. The molecule has 3 nitrogen and oxygen atoms in total. The molecule has 1 aliphatic rings. The van der Waals surface area contributed by atoms with Crippen molar-refractivity contribution >= 4 is 0 Å². The first-order chi connectivity index (χ1) is 13.8. The molecule has 0 bridgehead atoms. The van der Waals surface area contributed by atoms with E-state index in [0.717, 1.165) is 41.0 Å². The Hall–Kier alpha value is -1.90. The first-order valence-corrected chi connectivity index (χ1v) is 11.3. The van der Waals surface area contributed by atoms with Crippen LogP contribution in [0.1, 0.15) is 77.5 Å². The summed E-state index contributed by atoms with van der Waals surface area (Å²) >= 11 is 0. The Morgan fingerprint density at radius 2 is 1.46 bits per heavy atom. The highest BCUT2D eigenvalue weighted by atomic mass is 16.5. The van der Waals surface area contributed by atoms with Crippen LogP contribution in [0.3, 0.4) is 0 Å². The summed E-state index contributed by atoms with van der Waals surface area (Å²) in [7, 11) is 0. The predicted octanol–water partition coefficient (Wildman–Crippen LogP) is 6.86. The van der Waals surface area contributed by atoms with Crippen LogP contribution in [0, 0.1) is 11.8 Å². The fraction of sp³-hybridized carbons (Fsp3) is 0.600. The minimum absolute atomic E-state index is 0.692. The number of unbranched alkanes of at least 4 members (excludes halogenated alkanes) is 2. The molecule has 0 unspecified atom stereocenters. The average Bonchev–Trinajstić information content (AvgIpc) is 2.75. The topological polar surface area (TPSA) is 35.0 Å². The zero-order valence-corrected chi connectivity index (χ0v) is 17.7. The zero-order valence-electron chi connectivity index (χ0n) is 17.7. The SMILES string of the molecule is CCCCC[C@H]1CC[C@H](CCc2ncc(-c3ccc(OCC)cc3)cn2)CC1. The molecule has 28 heavy (non-hydrogen) atoms. The second kappa shape index (κ2) is 11.2. The van der Waals surface area contributed by atoms with Gasteiger partial charge in [0.1, 0.15) is 11.6 Å². The van der Waals surface area contributed by atoms with E-state index in [0.29, 0.717) is 6.61 Å². The fourth-order valence-corrected chi connectivity index (χ4v) is 4.37. The predicted molar refractivity (Wildman–Crippen MR) is 117 cm³/mol. The minimum atomic E-state index is 0.692. The van der Waals surface area contributed by atoms with E-state index in [2.05, 4.69) is 29.0 Å². The van der Waals surface area contributed by atoms with Gasteiger partial charge < -0.3 is 4.74 Å².